The van der Waals surface area contributed by atoms with Crippen molar-refractivity contribution >= 4 is 18.0 Å². The van der Waals surface area contributed by atoms with Gasteiger partial charge in [0.2, 0.25) is 6.04 Å². The minimum Gasteiger partial charge on any atom is -0.481 e. The highest BCUT2D eigenvalue weighted by atomic mass is 19.4. The predicted molar refractivity (Wildman–Crippen MR) is 122 cm³/mol. The van der Waals surface area contributed by atoms with Gasteiger partial charge in [-0.05, 0) is 49.9 Å². The van der Waals surface area contributed by atoms with Gasteiger partial charge in [-0.25, -0.2) is 4.79 Å². The second-order valence-corrected chi connectivity index (χ2v) is 9.49. The number of carbonyl (C=O) groups excluding carboxylic acids is 2. The van der Waals surface area contributed by atoms with Gasteiger partial charge in [-0.3, -0.25) is 9.59 Å². The average molecular weight is 492 g/mol. The topological polar surface area (TPSA) is 105 Å². The van der Waals surface area contributed by atoms with E-state index in [1.165, 1.54) is 27.7 Å². The summed E-state index contributed by atoms with van der Waals surface area (Å²) in [6, 6.07) is 12.0. The number of carboxylic acid groups (broad SMARTS) is 1. The number of hydrogen-bond donors (Lipinski definition) is 3. The fraction of sp³-hybridized carbons (Fsp3) is 0.400. The van der Waals surface area contributed by atoms with Gasteiger partial charge in [0.05, 0.1) is 11.0 Å². The van der Waals surface area contributed by atoms with E-state index in [0.717, 1.165) is 22.3 Å². The summed E-state index contributed by atoms with van der Waals surface area (Å²) in [5, 5.41) is 13.1. The molecule has 0 aromatic heterocycles. The number of ether oxygens (including phenoxy) is 1. The molecule has 2 aromatic rings. The number of halogens is 3. The molecule has 3 N–H and O–H groups in total. The molecule has 0 saturated heterocycles. The Hall–Kier alpha value is -3.56. The van der Waals surface area contributed by atoms with Crippen LogP contribution in [0.25, 0.3) is 11.1 Å². The van der Waals surface area contributed by atoms with E-state index in [-0.39, 0.29) is 12.5 Å². The lowest BCUT2D eigenvalue weighted by atomic mass is 9.74. The zero-order valence-corrected chi connectivity index (χ0v) is 19.7. The molecule has 10 heteroatoms. The van der Waals surface area contributed by atoms with Gasteiger partial charge in [-0.2, -0.15) is 13.2 Å². The minimum atomic E-state index is -5.14. The largest absolute Gasteiger partial charge is 0.481 e. The van der Waals surface area contributed by atoms with Crippen molar-refractivity contribution in [3.63, 3.8) is 0 Å². The summed E-state index contributed by atoms with van der Waals surface area (Å²) in [5.74, 6) is -3.28. The Balaban J connectivity index is 1.73. The minimum absolute atomic E-state index is 0.233. The lowest BCUT2D eigenvalue weighted by Gasteiger charge is -2.39. The van der Waals surface area contributed by atoms with Gasteiger partial charge in [-0.15, -0.1) is 0 Å². The highest BCUT2D eigenvalue weighted by molar-refractivity contribution is 5.88. The van der Waals surface area contributed by atoms with Gasteiger partial charge in [-0.1, -0.05) is 48.5 Å². The molecule has 35 heavy (non-hydrogen) atoms. The Bertz CT molecular complexity index is 1100. The fourth-order valence-corrected chi connectivity index (χ4v) is 3.86. The molecule has 3 rings (SSSR count). The van der Waals surface area contributed by atoms with Gasteiger partial charge >= 0.3 is 18.2 Å². The van der Waals surface area contributed by atoms with Crippen LogP contribution in [0.15, 0.2) is 48.5 Å². The van der Waals surface area contributed by atoms with Crippen LogP contribution in [0.5, 0.6) is 0 Å². The van der Waals surface area contributed by atoms with Gasteiger partial charge in [0.25, 0.3) is 5.91 Å². The van der Waals surface area contributed by atoms with Gasteiger partial charge in [0.1, 0.15) is 6.61 Å². The van der Waals surface area contributed by atoms with Crippen molar-refractivity contribution in [3.05, 3.63) is 59.7 Å². The molecule has 0 aliphatic heterocycles. The maximum Gasteiger partial charge on any atom is 0.417 e. The number of amides is 2. The van der Waals surface area contributed by atoms with Crippen molar-refractivity contribution in [1.82, 2.24) is 10.6 Å². The van der Waals surface area contributed by atoms with E-state index in [9.17, 15) is 32.7 Å². The van der Waals surface area contributed by atoms with E-state index < -0.39 is 41.1 Å². The summed E-state index contributed by atoms with van der Waals surface area (Å²) in [7, 11) is 0. The van der Waals surface area contributed by atoms with E-state index in [2.05, 4.69) is 5.32 Å². The van der Waals surface area contributed by atoms with Crippen LogP contribution in [0.2, 0.25) is 0 Å². The number of benzene rings is 2. The highest BCUT2D eigenvalue weighted by Crippen LogP contribution is 2.44. The van der Waals surface area contributed by atoms with E-state index in [1.807, 2.05) is 48.5 Å². The zero-order chi connectivity index (χ0) is 26.2. The van der Waals surface area contributed by atoms with Crippen LogP contribution in [-0.2, 0) is 14.3 Å². The summed E-state index contributed by atoms with van der Waals surface area (Å²) in [6.07, 6.45) is -6.56. The van der Waals surface area contributed by atoms with Crippen molar-refractivity contribution in [2.75, 3.05) is 6.61 Å². The van der Waals surface area contributed by atoms with E-state index in [1.54, 1.807) is 5.32 Å². The fourth-order valence-electron chi connectivity index (χ4n) is 3.86. The normalized spacial score (nSPS) is 14.5. The number of aliphatic carboxylic acids is 1. The summed E-state index contributed by atoms with van der Waals surface area (Å²) < 4.78 is 46.1. The van der Waals surface area contributed by atoms with Gasteiger partial charge in [0, 0.05) is 5.92 Å². The first kappa shape index (κ1) is 26.1. The smallest absolute Gasteiger partial charge is 0.417 e. The van der Waals surface area contributed by atoms with Crippen LogP contribution >= 0.6 is 0 Å². The third-order valence-electron chi connectivity index (χ3n) is 6.73. The van der Waals surface area contributed by atoms with Gasteiger partial charge < -0.3 is 20.5 Å². The van der Waals surface area contributed by atoms with Crippen molar-refractivity contribution in [1.29, 1.82) is 0 Å². The molecule has 7 nitrogen and oxygen atoms in total. The standard InChI is InChI=1S/C25H27F3N2O5/c1-23(2,21(32)33)24(3,4)30-20(31)19(25(26,27)28)29-22(34)35-13-18-16-11-7-5-9-14(16)15-10-6-8-12-17(15)18/h5-12,18-19H,13H2,1-4H3,(H,29,34)(H,30,31)(H,32,33). The second-order valence-electron chi connectivity index (χ2n) is 9.49. The lowest BCUT2D eigenvalue weighted by molar-refractivity contribution is -0.170. The number of alkyl carbamates (subject to hydrolysis) is 1. The maximum absolute atomic E-state index is 13.6. The molecule has 0 bridgehead atoms. The van der Waals surface area contributed by atoms with Crippen LogP contribution in [0.3, 0.4) is 0 Å². The number of fused-ring (bicyclic) bond motifs is 3. The molecule has 1 aliphatic carbocycles. The summed E-state index contributed by atoms with van der Waals surface area (Å²) >= 11 is 0. The summed E-state index contributed by atoms with van der Waals surface area (Å²) in [6.45, 7) is 4.90. The molecule has 0 fully saturated rings. The highest BCUT2D eigenvalue weighted by Gasteiger charge is 2.51. The van der Waals surface area contributed by atoms with Crippen molar-refractivity contribution in [3.8, 4) is 11.1 Å². The summed E-state index contributed by atoms with van der Waals surface area (Å²) in [5.41, 5.74) is 0.500. The molecular formula is C25H27F3N2O5. The van der Waals surface area contributed by atoms with Crippen molar-refractivity contribution < 1.29 is 37.4 Å². The molecular weight excluding hydrogens is 465 g/mol. The first-order valence-electron chi connectivity index (χ1n) is 10.9. The third-order valence-corrected chi connectivity index (χ3v) is 6.73. The lowest BCUT2D eigenvalue weighted by Crippen LogP contribution is -2.63. The Labute approximate surface area is 200 Å². The maximum atomic E-state index is 13.6. The van der Waals surface area contributed by atoms with Crippen LogP contribution in [-0.4, -0.2) is 47.4 Å². The number of carboxylic acids is 1. The number of hydrogen-bond acceptors (Lipinski definition) is 4. The molecule has 0 heterocycles. The Morgan fingerprint density at radius 1 is 0.943 bits per heavy atom. The first-order valence-corrected chi connectivity index (χ1v) is 10.9. The summed E-state index contributed by atoms with van der Waals surface area (Å²) in [4.78, 5) is 36.4. The molecule has 0 saturated carbocycles. The second kappa shape index (κ2) is 9.24. The van der Waals surface area contributed by atoms with Crippen LogP contribution < -0.4 is 10.6 Å². The zero-order valence-electron chi connectivity index (χ0n) is 19.7. The van der Waals surface area contributed by atoms with Crippen LogP contribution in [0.1, 0.15) is 44.7 Å². The number of rotatable bonds is 7. The molecule has 0 spiro atoms. The number of carbonyl (C=O) groups is 3. The van der Waals surface area contributed by atoms with Crippen molar-refractivity contribution in [2.24, 2.45) is 5.41 Å². The Kier molecular flexibility index (Phi) is 6.88. The van der Waals surface area contributed by atoms with E-state index in [4.69, 9.17) is 4.74 Å². The van der Waals surface area contributed by atoms with Crippen molar-refractivity contribution in [2.45, 2.75) is 51.4 Å². The number of nitrogens with one attached hydrogen (secondary N) is 2. The van der Waals surface area contributed by atoms with E-state index >= 15 is 0 Å². The molecule has 1 unspecified atom stereocenters. The average Bonchev–Trinajstić information content (AvgIpc) is 3.08. The molecule has 1 atom stereocenters. The predicted octanol–water partition coefficient (Wildman–Crippen LogP) is 4.46. The van der Waals surface area contributed by atoms with Gasteiger partial charge in [0.15, 0.2) is 0 Å². The molecule has 1 aliphatic rings. The quantitative estimate of drug-likeness (QED) is 0.529. The van der Waals surface area contributed by atoms with E-state index in [0.29, 0.717) is 0 Å². The molecule has 0 radical (unpaired) electrons. The first-order chi connectivity index (χ1) is 16.2. The Morgan fingerprint density at radius 3 is 1.89 bits per heavy atom. The molecule has 2 aromatic carbocycles. The molecule has 2 amide bonds. The number of alkyl halides is 3. The Morgan fingerprint density at radius 2 is 1.43 bits per heavy atom. The molecule has 188 valence electrons. The third kappa shape index (κ3) is 5.11. The SMILES string of the molecule is CC(C)(NC(=O)C(NC(=O)OCC1c2ccccc2-c2ccccc21)C(F)(F)F)C(C)(C)C(=O)O. The monoisotopic (exact) mass is 492 g/mol. The van der Waals surface area contributed by atoms with Crippen LogP contribution in [0, 0.1) is 5.41 Å². The van der Waals surface area contributed by atoms with Crippen LogP contribution in [0.4, 0.5) is 18.0 Å².